The van der Waals surface area contributed by atoms with Crippen molar-refractivity contribution in [2.45, 2.75) is 38.6 Å². The first-order valence-corrected chi connectivity index (χ1v) is 10.2. The van der Waals surface area contributed by atoms with Crippen LogP contribution >= 0.6 is 11.3 Å². The molecule has 4 heterocycles. The van der Waals surface area contributed by atoms with Crippen LogP contribution in [0.3, 0.4) is 0 Å². The number of thiazole rings is 1. The summed E-state index contributed by atoms with van der Waals surface area (Å²) in [5.41, 5.74) is 3.82. The van der Waals surface area contributed by atoms with Crippen LogP contribution in [0.2, 0.25) is 0 Å². The predicted octanol–water partition coefficient (Wildman–Crippen LogP) is 2.23. The lowest BCUT2D eigenvalue weighted by atomic mass is 9.94. The maximum absolute atomic E-state index is 12.7. The summed E-state index contributed by atoms with van der Waals surface area (Å²) in [5.74, 6) is 0.230. The number of aryl methyl sites for hydroxylation is 1. The molecule has 1 fully saturated rings. The molecule has 1 unspecified atom stereocenters. The van der Waals surface area contributed by atoms with Gasteiger partial charge in [-0.2, -0.15) is 5.10 Å². The average molecular weight is 373 g/mol. The monoisotopic (exact) mass is 373 g/mol. The second kappa shape index (κ2) is 7.19. The first kappa shape index (κ1) is 17.2. The first-order chi connectivity index (χ1) is 12.7. The molecule has 2 aromatic heterocycles. The Hall–Kier alpha value is -2.22. The van der Waals surface area contributed by atoms with Crippen LogP contribution in [0, 0.1) is 0 Å². The highest BCUT2D eigenvalue weighted by Crippen LogP contribution is 2.28. The van der Waals surface area contributed by atoms with Gasteiger partial charge in [0.25, 0.3) is 11.8 Å². The van der Waals surface area contributed by atoms with E-state index in [1.807, 2.05) is 27.5 Å². The van der Waals surface area contributed by atoms with Crippen LogP contribution in [0.4, 0.5) is 0 Å². The Balaban J connectivity index is 1.54. The Morgan fingerprint density at radius 1 is 1.31 bits per heavy atom. The third-order valence-electron chi connectivity index (χ3n) is 5.26. The van der Waals surface area contributed by atoms with Crippen molar-refractivity contribution in [1.29, 1.82) is 0 Å². The van der Waals surface area contributed by atoms with E-state index < -0.39 is 0 Å². The molecule has 2 aromatic rings. The van der Waals surface area contributed by atoms with E-state index in [0.29, 0.717) is 17.9 Å². The van der Waals surface area contributed by atoms with Crippen molar-refractivity contribution in [3.05, 3.63) is 34.0 Å². The Kier molecular flexibility index (Phi) is 4.76. The van der Waals surface area contributed by atoms with Gasteiger partial charge < -0.3 is 9.80 Å². The number of likely N-dealkylation sites (tertiary alicyclic amines) is 1. The minimum absolute atomic E-state index is 0.00930. The van der Waals surface area contributed by atoms with Crippen molar-refractivity contribution >= 4 is 23.2 Å². The van der Waals surface area contributed by atoms with Gasteiger partial charge in [-0.15, -0.1) is 11.3 Å². The molecule has 2 aliphatic rings. The number of piperidine rings is 1. The summed E-state index contributed by atoms with van der Waals surface area (Å²) < 4.78 is 1.86. The molecule has 2 amide bonds. The van der Waals surface area contributed by atoms with Crippen LogP contribution in [0.15, 0.2) is 17.0 Å². The lowest BCUT2D eigenvalue weighted by molar-refractivity contribution is 0.0699. The van der Waals surface area contributed by atoms with Crippen molar-refractivity contribution < 1.29 is 9.59 Å². The third-order valence-corrected chi connectivity index (χ3v) is 5.85. The average Bonchev–Trinajstić information content (AvgIpc) is 3.32. The zero-order valence-electron chi connectivity index (χ0n) is 14.9. The standard InChI is InChI=1S/C18H23N5O2S/c1-2-21-7-4-8-23-16(18(21)25)9-14(20-23)13-5-3-6-22(10-13)17(24)15-11-26-12-19-15/h9,11-13H,2-8,10H2,1H3. The Morgan fingerprint density at radius 3 is 2.96 bits per heavy atom. The number of carbonyl (C=O) groups is 2. The molecule has 8 heteroatoms. The summed E-state index contributed by atoms with van der Waals surface area (Å²) in [6, 6.07) is 1.94. The number of hydrogen-bond acceptors (Lipinski definition) is 5. The third kappa shape index (κ3) is 3.13. The highest BCUT2D eigenvalue weighted by molar-refractivity contribution is 7.07. The molecule has 0 radical (unpaired) electrons. The zero-order chi connectivity index (χ0) is 18.1. The maximum Gasteiger partial charge on any atom is 0.273 e. The minimum Gasteiger partial charge on any atom is -0.338 e. The maximum atomic E-state index is 12.7. The van der Waals surface area contributed by atoms with E-state index in [1.54, 1.807) is 10.9 Å². The number of fused-ring (bicyclic) bond motifs is 1. The lowest BCUT2D eigenvalue weighted by Crippen LogP contribution is -2.39. The molecule has 2 aliphatic heterocycles. The van der Waals surface area contributed by atoms with E-state index in [0.717, 1.165) is 51.1 Å². The quantitative estimate of drug-likeness (QED) is 0.827. The second-order valence-corrected chi connectivity index (χ2v) is 7.60. The molecule has 26 heavy (non-hydrogen) atoms. The van der Waals surface area contributed by atoms with Gasteiger partial charge in [0.1, 0.15) is 11.4 Å². The van der Waals surface area contributed by atoms with Gasteiger partial charge in [-0.1, -0.05) is 0 Å². The smallest absolute Gasteiger partial charge is 0.273 e. The largest absolute Gasteiger partial charge is 0.338 e. The first-order valence-electron chi connectivity index (χ1n) is 9.22. The number of rotatable bonds is 3. The van der Waals surface area contributed by atoms with Gasteiger partial charge >= 0.3 is 0 Å². The van der Waals surface area contributed by atoms with Gasteiger partial charge in [-0.05, 0) is 32.3 Å². The molecule has 0 bridgehead atoms. The van der Waals surface area contributed by atoms with Crippen molar-refractivity contribution in [2.24, 2.45) is 0 Å². The van der Waals surface area contributed by atoms with E-state index in [1.165, 1.54) is 11.3 Å². The van der Waals surface area contributed by atoms with Crippen LogP contribution in [-0.4, -0.2) is 62.6 Å². The number of nitrogens with zero attached hydrogens (tertiary/aromatic N) is 5. The summed E-state index contributed by atoms with van der Waals surface area (Å²) in [6.07, 6.45) is 2.85. The Bertz CT molecular complexity index is 801. The van der Waals surface area contributed by atoms with Gasteiger partial charge in [-0.25, -0.2) is 4.98 Å². The zero-order valence-corrected chi connectivity index (χ0v) is 15.7. The number of aromatic nitrogens is 3. The second-order valence-electron chi connectivity index (χ2n) is 6.88. The molecule has 7 nitrogen and oxygen atoms in total. The summed E-state index contributed by atoms with van der Waals surface area (Å²) in [7, 11) is 0. The minimum atomic E-state index is -0.00930. The van der Waals surface area contributed by atoms with Gasteiger partial charge in [0, 0.05) is 44.0 Å². The molecule has 0 saturated carbocycles. The van der Waals surface area contributed by atoms with Crippen molar-refractivity contribution in [3.63, 3.8) is 0 Å². The Labute approximate surface area is 156 Å². The molecular formula is C18H23N5O2S. The molecular weight excluding hydrogens is 350 g/mol. The summed E-state index contributed by atoms with van der Waals surface area (Å²) in [5, 5.41) is 6.52. The molecule has 138 valence electrons. The predicted molar refractivity (Wildman–Crippen MR) is 98.4 cm³/mol. The van der Waals surface area contributed by atoms with Gasteiger partial charge in [0.05, 0.1) is 11.2 Å². The van der Waals surface area contributed by atoms with Crippen molar-refractivity contribution in [3.8, 4) is 0 Å². The summed E-state index contributed by atoms with van der Waals surface area (Å²) in [6.45, 7) is 5.67. The SMILES string of the molecule is CCN1CCCn2nc(C3CCCN(C(=O)c4cscn4)C3)cc2C1=O. The molecule has 0 aliphatic carbocycles. The van der Waals surface area contributed by atoms with E-state index in [4.69, 9.17) is 5.10 Å². The highest BCUT2D eigenvalue weighted by Gasteiger charge is 2.30. The summed E-state index contributed by atoms with van der Waals surface area (Å²) >= 11 is 1.44. The van der Waals surface area contributed by atoms with Gasteiger partial charge in [0.2, 0.25) is 0 Å². The molecule has 1 atom stereocenters. The van der Waals surface area contributed by atoms with E-state index in [9.17, 15) is 9.59 Å². The molecule has 4 rings (SSSR count). The van der Waals surface area contributed by atoms with Crippen molar-refractivity contribution in [2.75, 3.05) is 26.2 Å². The van der Waals surface area contributed by atoms with Crippen LogP contribution < -0.4 is 0 Å². The van der Waals surface area contributed by atoms with Crippen LogP contribution in [0.25, 0.3) is 0 Å². The normalized spacial score (nSPS) is 20.8. The van der Waals surface area contributed by atoms with Crippen LogP contribution in [0.5, 0.6) is 0 Å². The fourth-order valence-electron chi connectivity index (χ4n) is 3.84. The highest BCUT2D eigenvalue weighted by atomic mass is 32.1. The number of amides is 2. The van der Waals surface area contributed by atoms with E-state index in [-0.39, 0.29) is 17.7 Å². The fraction of sp³-hybridized carbons (Fsp3) is 0.556. The van der Waals surface area contributed by atoms with Gasteiger partial charge in [0.15, 0.2) is 0 Å². The summed E-state index contributed by atoms with van der Waals surface area (Å²) in [4.78, 5) is 33.2. The van der Waals surface area contributed by atoms with Crippen LogP contribution in [-0.2, 0) is 6.54 Å². The van der Waals surface area contributed by atoms with Crippen molar-refractivity contribution in [1.82, 2.24) is 24.6 Å². The molecule has 0 N–H and O–H groups in total. The number of hydrogen-bond donors (Lipinski definition) is 0. The topological polar surface area (TPSA) is 71.3 Å². The molecule has 1 saturated heterocycles. The van der Waals surface area contributed by atoms with E-state index in [2.05, 4.69) is 4.98 Å². The van der Waals surface area contributed by atoms with Gasteiger partial charge in [-0.3, -0.25) is 14.3 Å². The lowest BCUT2D eigenvalue weighted by Gasteiger charge is -2.31. The molecule has 0 spiro atoms. The van der Waals surface area contributed by atoms with Crippen LogP contribution in [0.1, 0.15) is 58.8 Å². The fourth-order valence-corrected chi connectivity index (χ4v) is 4.36. The van der Waals surface area contributed by atoms with E-state index >= 15 is 0 Å². The molecule has 0 aromatic carbocycles. The Morgan fingerprint density at radius 2 is 2.19 bits per heavy atom. The number of carbonyl (C=O) groups excluding carboxylic acids is 2.